The Morgan fingerprint density at radius 3 is 2.11 bits per heavy atom. The summed E-state index contributed by atoms with van der Waals surface area (Å²) in [5, 5.41) is 4.81. The van der Waals surface area contributed by atoms with Crippen LogP contribution >= 0.6 is 11.6 Å². The molecule has 11 rings (SSSR count). The molecule has 4 heterocycles. The smallest absolute Gasteiger partial charge is 0.289 e. The number of fused-ring (bicyclic) bond motifs is 10. The van der Waals surface area contributed by atoms with Gasteiger partial charge < -0.3 is 13.7 Å². The molecule has 3 nitrogen and oxygen atoms in total. The minimum Gasteiger partial charge on any atom is -0.458 e. The molecule has 2 aromatic heterocycles. The van der Waals surface area contributed by atoms with E-state index in [1.54, 1.807) is 0 Å². The zero-order chi connectivity index (χ0) is 30.6. The van der Waals surface area contributed by atoms with E-state index in [4.69, 9.17) is 9.15 Å². The Kier molecular flexibility index (Phi) is 5.13. The van der Waals surface area contributed by atoms with E-state index in [9.17, 15) is 0 Å². The number of hydrogen-bond donors (Lipinski definition) is 0. The van der Waals surface area contributed by atoms with E-state index in [0.29, 0.717) is 0 Å². The number of rotatable bonds is 2. The van der Waals surface area contributed by atoms with E-state index in [0.717, 1.165) is 39.1 Å². The average Bonchev–Trinajstić information content (AvgIpc) is 3.67. The van der Waals surface area contributed by atoms with E-state index < -0.39 is 0 Å². The summed E-state index contributed by atoms with van der Waals surface area (Å²) >= 11 is 1.93. The van der Waals surface area contributed by atoms with E-state index in [1.165, 1.54) is 59.9 Å². The minimum absolute atomic E-state index is 0.130. The van der Waals surface area contributed by atoms with E-state index >= 15 is 0 Å². The van der Waals surface area contributed by atoms with Crippen molar-refractivity contribution in [3.63, 3.8) is 0 Å². The molecule has 0 fully saturated rings. The Bertz CT molecular complexity index is 2720. The molecule has 5 heteroatoms. The zero-order valence-corrected chi connectivity index (χ0v) is 25.9. The van der Waals surface area contributed by atoms with Crippen molar-refractivity contribution in [1.29, 1.82) is 0 Å². The van der Waals surface area contributed by atoms with Crippen LogP contribution in [-0.2, 0) is 0 Å². The number of furan rings is 1. The van der Waals surface area contributed by atoms with Gasteiger partial charge >= 0.3 is 0 Å². The highest BCUT2D eigenvalue weighted by atomic mass is 32.2. The Morgan fingerprint density at radius 1 is 0.532 bits per heavy atom. The van der Waals surface area contributed by atoms with Gasteiger partial charge in [-0.15, -0.1) is 0 Å². The standard InChI is InChI=1S/C42H24BNO2S/c1-5-15-34-28(10-1)29-11-2-6-16-35(29)44(34)26-23-32-30-21-20-25(27-13-9-19-38-41(27)31-12-3-7-17-36(31)45-38)22-40(30)47-43-33-14-4-8-18-37(33)46-39(24-26)42(32)43/h1-24H. The molecule has 2 aliphatic rings. The summed E-state index contributed by atoms with van der Waals surface area (Å²) < 4.78 is 15.4. The summed E-state index contributed by atoms with van der Waals surface area (Å²) in [6.45, 7) is 0. The first-order chi connectivity index (χ1) is 23.3. The summed E-state index contributed by atoms with van der Waals surface area (Å²) in [7, 11) is 0. The number of aromatic nitrogens is 1. The number of ether oxygens (including phenoxy) is 1. The lowest BCUT2D eigenvalue weighted by Crippen LogP contribution is -2.46. The van der Waals surface area contributed by atoms with Crippen molar-refractivity contribution < 1.29 is 9.15 Å². The van der Waals surface area contributed by atoms with Gasteiger partial charge in [0.05, 0.1) is 16.7 Å². The lowest BCUT2D eigenvalue weighted by atomic mass is 9.57. The van der Waals surface area contributed by atoms with Crippen LogP contribution in [0, 0.1) is 0 Å². The van der Waals surface area contributed by atoms with Gasteiger partial charge in [0.15, 0.2) is 0 Å². The molecular formula is C42H24BNO2S. The Hall–Kier alpha value is -5.65. The summed E-state index contributed by atoms with van der Waals surface area (Å²) in [6.07, 6.45) is 0. The number of nitrogens with zero attached hydrogens (tertiary/aromatic N) is 1. The number of hydrogen-bond acceptors (Lipinski definition) is 3. The van der Waals surface area contributed by atoms with Crippen LogP contribution in [0.2, 0.25) is 0 Å². The van der Waals surface area contributed by atoms with Crippen molar-refractivity contribution >= 4 is 72.3 Å². The van der Waals surface area contributed by atoms with Crippen LogP contribution in [0.5, 0.6) is 11.5 Å². The van der Waals surface area contributed by atoms with Gasteiger partial charge in [-0.3, -0.25) is 0 Å². The van der Waals surface area contributed by atoms with Gasteiger partial charge in [-0.25, -0.2) is 0 Å². The average molecular weight is 618 g/mol. The van der Waals surface area contributed by atoms with E-state index in [1.807, 2.05) is 23.7 Å². The number of benzene rings is 7. The van der Waals surface area contributed by atoms with Gasteiger partial charge in [-0.1, -0.05) is 97.1 Å². The maximum atomic E-state index is 6.74. The second kappa shape index (κ2) is 9.44. The van der Waals surface area contributed by atoms with E-state index in [2.05, 4.69) is 138 Å². The fourth-order valence-corrected chi connectivity index (χ4v) is 9.29. The second-order valence-electron chi connectivity index (χ2n) is 12.4. The molecule has 0 unspecified atom stereocenters. The van der Waals surface area contributed by atoms with Crippen molar-refractivity contribution in [1.82, 2.24) is 4.57 Å². The molecular weight excluding hydrogens is 593 g/mol. The lowest BCUT2D eigenvalue weighted by molar-refractivity contribution is 0.487. The van der Waals surface area contributed by atoms with Crippen LogP contribution in [0.1, 0.15) is 0 Å². The summed E-state index contributed by atoms with van der Waals surface area (Å²) in [5.74, 6) is 1.99. The minimum atomic E-state index is 0.130. The highest BCUT2D eigenvalue weighted by Gasteiger charge is 2.39. The molecule has 47 heavy (non-hydrogen) atoms. The molecule has 0 atom stereocenters. The van der Waals surface area contributed by atoms with Gasteiger partial charge in [-0.05, 0) is 75.6 Å². The first-order valence-corrected chi connectivity index (χ1v) is 16.8. The second-order valence-corrected chi connectivity index (χ2v) is 13.5. The lowest BCUT2D eigenvalue weighted by Gasteiger charge is -2.33. The quantitative estimate of drug-likeness (QED) is 0.181. The van der Waals surface area contributed by atoms with E-state index in [-0.39, 0.29) is 5.99 Å². The van der Waals surface area contributed by atoms with Gasteiger partial charge in [0, 0.05) is 32.5 Å². The predicted octanol–water partition coefficient (Wildman–Crippen LogP) is 10.3. The van der Waals surface area contributed by atoms with Crippen LogP contribution in [0.4, 0.5) is 0 Å². The zero-order valence-electron chi connectivity index (χ0n) is 25.1. The molecule has 0 saturated carbocycles. The molecule has 2 aliphatic heterocycles. The maximum absolute atomic E-state index is 6.74. The first kappa shape index (κ1) is 25.5. The third-order valence-corrected chi connectivity index (χ3v) is 11.2. The first-order valence-electron chi connectivity index (χ1n) is 16.0. The largest absolute Gasteiger partial charge is 0.458 e. The fourth-order valence-electron chi connectivity index (χ4n) is 7.86. The Labute approximate surface area is 275 Å². The van der Waals surface area contributed by atoms with Crippen LogP contribution < -0.4 is 15.7 Å². The summed E-state index contributed by atoms with van der Waals surface area (Å²) in [4.78, 5) is 1.27. The third kappa shape index (κ3) is 3.55. The molecule has 0 radical (unpaired) electrons. The van der Waals surface area contributed by atoms with Gasteiger partial charge in [-0.2, -0.15) is 11.6 Å². The topological polar surface area (TPSA) is 27.3 Å². The van der Waals surface area contributed by atoms with Crippen LogP contribution in [0.15, 0.2) is 155 Å². The molecule has 0 bridgehead atoms. The fraction of sp³-hybridized carbons (Fsp3) is 0. The predicted molar refractivity (Wildman–Crippen MR) is 196 cm³/mol. The van der Waals surface area contributed by atoms with Crippen LogP contribution in [0.3, 0.4) is 0 Å². The SMILES string of the molecule is c1ccc2c(c1)Oc1cc(-n3c4ccccc4c4ccccc43)cc3c1B2Sc1cc(-c2cccc4oc5ccccc5c24)ccc1-3. The van der Waals surface area contributed by atoms with Gasteiger partial charge in [0.1, 0.15) is 22.7 Å². The van der Waals surface area contributed by atoms with Crippen LogP contribution in [-0.4, -0.2) is 10.6 Å². The molecule has 7 aromatic carbocycles. The number of para-hydroxylation sites is 4. The molecule has 0 saturated heterocycles. The molecule has 9 aromatic rings. The van der Waals surface area contributed by atoms with Crippen LogP contribution in [0.25, 0.3) is 71.7 Å². The monoisotopic (exact) mass is 617 g/mol. The van der Waals surface area contributed by atoms with Crippen molar-refractivity contribution in [2.24, 2.45) is 0 Å². The molecule has 218 valence electrons. The molecule has 0 N–H and O–H groups in total. The summed E-state index contributed by atoms with van der Waals surface area (Å²) in [5.41, 5.74) is 12.6. The van der Waals surface area contributed by atoms with Gasteiger partial charge in [0.2, 0.25) is 0 Å². The summed E-state index contributed by atoms with van der Waals surface area (Å²) in [6, 6.07) is 52.2. The molecule has 0 amide bonds. The Morgan fingerprint density at radius 2 is 1.26 bits per heavy atom. The highest BCUT2D eigenvalue weighted by molar-refractivity contribution is 8.28. The van der Waals surface area contributed by atoms with Crippen molar-refractivity contribution in [2.75, 3.05) is 0 Å². The molecule has 0 aliphatic carbocycles. The normalized spacial score (nSPS) is 13.1. The Balaban J connectivity index is 1.17. The maximum Gasteiger partial charge on any atom is 0.289 e. The van der Waals surface area contributed by atoms with Crippen molar-refractivity contribution in [3.8, 4) is 39.4 Å². The third-order valence-electron chi connectivity index (χ3n) is 9.88. The van der Waals surface area contributed by atoms with Gasteiger partial charge in [0.25, 0.3) is 5.99 Å². The van der Waals surface area contributed by atoms with Crippen molar-refractivity contribution in [2.45, 2.75) is 4.90 Å². The van der Waals surface area contributed by atoms with Crippen molar-refractivity contribution in [3.05, 3.63) is 146 Å². The molecule has 0 spiro atoms. The highest BCUT2D eigenvalue weighted by Crippen LogP contribution is 2.47.